The number of unbranched alkanes of at least 4 members (excludes halogenated alkanes) is 2. The maximum atomic E-state index is 12.3. The van der Waals surface area contributed by atoms with Crippen molar-refractivity contribution in [3.63, 3.8) is 0 Å². The molecule has 2 aromatic rings. The summed E-state index contributed by atoms with van der Waals surface area (Å²) in [6, 6.07) is 7.46. The van der Waals surface area contributed by atoms with E-state index in [2.05, 4.69) is 10.3 Å². The van der Waals surface area contributed by atoms with E-state index in [-0.39, 0.29) is 11.9 Å². The van der Waals surface area contributed by atoms with E-state index < -0.39 is 6.03 Å². The maximum Gasteiger partial charge on any atom is 0.312 e. The summed E-state index contributed by atoms with van der Waals surface area (Å²) in [7, 11) is 1.83. The van der Waals surface area contributed by atoms with E-state index >= 15 is 0 Å². The third-order valence-electron chi connectivity index (χ3n) is 4.01. The summed E-state index contributed by atoms with van der Waals surface area (Å²) in [5.74, 6) is 0.115. The molecule has 1 aromatic carbocycles. The Morgan fingerprint density at radius 1 is 1.29 bits per heavy atom. The molecule has 0 bridgehead atoms. The summed E-state index contributed by atoms with van der Waals surface area (Å²) in [6.07, 6.45) is 3.02. The highest BCUT2D eigenvalue weighted by Crippen LogP contribution is 2.29. The lowest BCUT2D eigenvalue weighted by Gasteiger charge is -2.23. The molecule has 7 heteroatoms. The number of carbonyl (C=O) groups excluding carboxylic acids is 2. The largest absolute Gasteiger partial charge is 0.352 e. The SMILES string of the molecule is C[C@@H](c1nc2ccccc2s1)N(C)C(=O)CCCCCNC(N)=O. The van der Waals surface area contributed by atoms with Crippen LogP contribution in [0.5, 0.6) is 0 Å². The van der Waals surface area contributed by atoms with E-state index in [4.69, 9.17) is 5.73 Å². The lowest BCUT2D eigenvalue weighted by Crippen LogP contribution is -2.30. The second kappa shape index (κ2) is 8.63. The van der Waals surface area contributed by atoms with Crippen molar-refractivity contribution in [3.05, 3.63) is 29.3 Å². The molecule has 0 saturated heterocycles. The van der Waals surface area contributed by atoms with Gasteiger partial charge in [0.1, 0.15) is 5.01 Å². The molecule has 2 rings (SSSR count). The first kappa shape index (κ1) is 18.2. The Balaban J connectivity index is 1.80. The summed E-state index contributed by atoms with van der Waals surface area (Å²) in [5, 5.41) is 3.50. The van der Waals surface area contributed by atoms with Crippen LogP contribution in [0.2, 0.25) is 0 Å². The molecule has 1 atom stereocenters. The van der Waals surface area contributed by atoms with E-state index in [0.29, 0.717) is 13.0 Å². The van der Waals surface area contributed by atoms with E-state index in [9.17, 15) is 9.59 Å². The number of nitrogens with zero attached hydrogens (tertiary/aromatic N) is 2. The van der Waals surface area contributed by atoms with Gasteiger partial charge in [-0.3, -0.25) is 4.79 Å². The number of nitrogens with one attached hydrogen (secondary N) is 1. The van der Waals surface area contributed by atoms with Gasteiger partial charge in [0.2, 0.25) is 5.91 Å². The monoisotopic (exact) mass is 348 g/mol. The Morgan fingerprint density at radius 2 is 2.04 bits per heavy atom. The Hall–Kier alpha value is -2.15. The number of primary amides is 1. The molecule has 0 radical (unpaired) electrons. The third kappa shape index (κ3) is 4.92. The van der Waals surface area contributed by atoms with E-state index in [1.807, 2.05) is 38.2 Å². The molecule has 0 aliphatic rings. The van der Waals surface area contributed by atoms with Crippen LogP contribution >= 0.6 is 11.3 Å². The molecule has 3 N–H and O–H groups in total. The Kier molecular flexibility index (Phi) is 6.54. The Morgan fingerprint density at radius 3 is 2.75 bits per heavy atom. The van der Waals surface area contributed by atoms with Gasteiger partial charge in [0.25, 0.3) is 0 Å². The van der Waals surface area contributed by atoms with Gasteiger partial charge in [-0.1, -0.05) is 18.6 Å². The fraction of sp³-hybridized carbons (Fsp3) is 0.471. The molecule has 130 valence electrons. The predicted molar refractivity (Wildman–Crippen MR) is 96.9 cm³/mol. The summed E-state index contributed by atoms with van der Waals surface area (Å²) < 4.78 is 1.14. The van der Waals surface area contributed by atoms with Gasteiger partial charge in [0.05, 0.1) is 16.3 Å². The minimum Gasteiger partial charge on any atom is -0.352 e. The molecule has 0 saturated carbocycles. The van der Waals surface area contributed by atoms with Crippen molar-refractivity contribution in [2.75, 3.05) is 13.6 Å². The first-order valence-electron chi connectivity index (χ1n) is 8.13. The molecule has 1 aromatic heterocycles. The molecule has 0 fully saturated rings. The number of hydrogen-bond donors (Lipinski definition) is 2. The van der Waals surface area contributed by atoms with Crippen LogP contribution in [0.4, 0.5) is 4.79 Å². The minimum atomic E-state index is -0.504. The molecule has 6 nitrogen and oxygen atoms in total. The van der Waals surface area contributed by atoms with Crippen molar-refractivity contribution < 1.29 is 9.59 Å². The van der Waals surface area contributed by atoms with E-state index in [1.165, 1.54) is 0 Å². The number of amides is 3. The average Bonchev–Trinajstić information content (AvgIpc) is 3.00. The van der Waals surface area contributed by atoms with Crippen molar-refractivity contribution >= 4 is 33.5 Å². The molecule has 0 unspecified atom stereocenters. The van der Waals surface area contributed by atoms with Gasteiger partial charge < -0.3 is 16.0 Å². The fourth-order valence-corrected chi connectivity index (χ4v) is 3.48. The highest BCUT2D eigenvalue weighted by molar-refractivity contribution is 7.18. The van der Waals surface area contributed by atoms with Crippen molar-refractivity contribution in [2.45, 2.75) is 38.6 Å². The summed E-state index contributed by atoms with van der Waals surface area (Å²) in [4.78, 5) is 29.3. The number of thiazole rings is 1. The lowest BCUT2D eigenvalue weighted by molar-refractivity contribution is -0.131. The topological polar surface area (TPSA) is 88.3 Å². The fourth-order valence-electron chi connectivity index (χ4n) is 2.42. The first-order valence-corrected chi connectivity index (χ1v) is 8.95. The van der Waals surface area contributed by atoms with Crippen LogP contribution in [0.3, 0.4) is 0 Å². The number of hydrogen-bond acceptors (Lipinski definition) is 4. The van der Waals surface area contributed by atoms with Crippen LogP contribution in [0.15, 0.2) is 24.3 Å². The normalized spacial score (nSPS) is 12.1. The Labute approximate surface area is 146 Å². The zero-order chi connectivity index (χ0) is 17.5. The number of para-hydroxylation sites is 1. The summed E-state index contributed by atoms with van der Waals surface area (Å²) >= 11 is 1.63. The van der Waals surface area contributed by atoms with Gasteiger partial charge in [-0.15, -0.1) is 11.3 Å². The van der Waals surface area contributed by atoms with Gasteiger partial charge in [0, 0.05) is 20.0 Å². The summed E-state index contributed by atoms with van der Waals surface area (Å²) in [6.45, 7) is 2.56. The highest BCUT2D eigenvalue weighted by atomic mass is 32.1. The molecular weight excluding hydrogens is 324 g/mol. The van der Waals surface area contributed by atoms with Gasteiger partial charge in [-0.05, 0) is 31.9 Å². The Bertz CT molecular complexity index is 668. The molecule has 24 heavy (non-hydrogen) atoms. The van der Waals surface area contributed by atoms with Crippen molar-refractivity contribution in [1.29, 1.82) is 0 Å². The van der Waals surface area contributed by atoms with Crippen LogP contribution in [-0.4, -0.2) is 35.4 Å². The molecular formula is C17H24N4O2S. The van der Waals surface area contributed by atoms with Crippen LogP contribution in [-0.2, 0) is 4.79 Å². The van der Waals surface area contributed by atoms with Gasteiger partial charge in [0.15, 0.2) is 0 Å². The second-order valence-corrected chi connectivity index (χ2v) is 6.86. The zero-order valence-corrected chi connectivity index (χ0v) is 14.9. The lowest BCUT2D eigenvalue weighted by atomic mass is 10.1. The van der Waals surface area contributed by atoms with Crippen LogP contribution in [0, 0.1) is 0 Å². The number of carbonyl (C=O) groups is 2. The molecule has 3 amide bonds. The predicted octanol–water partition coefficient (Wildman–Crippen LogP) is 3.04. The van der Waals surface area contributed by atoms with Crippen molar-refractivity contribution in [2.24, 2.45) is 5.73 Å². The third-order valence-corrected chi connectivity index (χ3v) is 5.22. The van der Waals surface area contributed by atoms with Crippen LogP contribution < -0.4 is 11.1 Å². The van der Waals surface area contributed by atoms with Gasteiger partial charge in [-0.2, -0.15) is 0 Å². The number of aromatic nitrogens is 1. The average molecular weight is 348 g/mol. The second-order valence-electron chi connectivity index (χ2n) is 5.80. The molecule has 0 aliphatic carbocycles. The quantitative estimate of drug-likeness (QED) is 0.719. The number of rotatable bonds is 8. The minimum absolute atomic E-state index is 0.0357. The highest BCUT2D eigenvalue weighted by Gasteiger charge is 2.20. The number of nitrogens with two attached hydrogens (primary N) is 1. The van der Waals surface area contributed by atoms with Crippen LogP contribution in [0.1, 0.15) is 43.7 Å². The summed E-state index contributed by atoms with van der Waals surface area (Å²) in [5.41, 5.74) is 5.97. The van der Waals surface area contributed by atoms with E-state index in [1.54, 1.807) is 16.2 Å². The molecule has 0 spiro atoms. The molecule has 1 heterocycles. The van der Waals surface area contributed by atoms with Crippen molar-refractivity contribution in [1.82, 2.24) is 15.2 Å². The molecule has 0 aliphatic heterocycles. The smallest absolute Gasteiger partial charge is 0.312 e. The zero-order valence-electron chi connectivity index (χ0n) is 14.1. The van der Waals surface area contributed by atoms with Gasteiger partial charge >= 0.3 is 6.03 Å². The number of urea groups is 1. The van der Waals surface area contributed by atoms with Crippen molar-refractivity contribution in [3.8, 4) is 0 Å². The van der Waals surface area contributed by atoms with E-state index in [0.717, 1.165) is 34.5 Å². The van der Waals surface area contributed by atoms with Gasteiger partial charge in [-0.25, -0.2) is 9.78 Å². The standard InChI is InChI=1S/C17H24N4O2S/c1-12(16-20-13-8-5-6-9-14(13)24-16)21(2)15(22)10-4-3-7-11-19-17(18)23/h5-6,8-9,12H,3-4,7,10-11H2,1-2H3,(H3,18,19,23)/t12-/m0/s1. The number of fused-ring (bicyclic) bond motifs is 1. The van der Waals surface area contributed by atoms with Crippen LogP contribution in [0.25, 0.3) is 10.2 Å². The maximum absolute atomic E-state index is 12.3. The first-order chi connectivity index (χ1) is 11.5. The number of benzene rings is 1.